The molecule has 0 spiro atoms. The summed E-state index contributed by atoms with van der Waals surface area (Å²) in [6.07, 6.45) is 1.48. The molecule has 0 radical (unpaired) electrons. The van der Waals surface area contributed by atoms with Crippen molar-refractivity contribution in [3.63, 3.8) is 0 Å². The lowest BCUT2D eigenvalue weighted by atomic mass is 9.93. The fraction of sp³-hybridized carbons (Fsp3) is 0.500. The molecule has 2 N–H and O–H groups in total. The Balaban J connectivity index is 2.25. The van der Waals surface area contributed by atoms with E-state index in [-0.39, 0.29) is 17.6 Å². The van der Waals surface area contributed by atoms with Crippen LogP contribution in [0.2, 0.25) is 0 Å². The van der Waals surface area contributed by atoms with Crippen molar-refractivity contribution in [1.29, 1.82) is 0 Å². The molecule has 0 saturated carbocycles. The van der Waals surface area contributed by atoms with Gasteiger partial charge in [-0.05, 0) is 38.0 Å². The molecule has 1 saturated heterocycles. The largest absolute Gasteiger partial charge is 0.508 e. The van der Waals surface area contributed by atoms with E-state index in [9.17, 15) is 14.7 Å². The van der Waals surface area contributed by atoms with Crippen molar-refractivity contribution in [2.24, 2.45) is 0 Å². The average Bonchev–Trinajstić information content (AvgIpc) is 2.43. The van der Waals surface area contributed by atoms with Gasteiger partial charge in [0.15, 0.2) is 0 Å². The quantitative estimate of drug-likeness (QED) is 0.888. The van der Waals surface area contributed by atoms with E-state index >= 15 is 0 Å². The molecule has 1 unspecified atom stereocenters. The molecule has 0 aromatic heterocycles. The van der Waals surface area contributed by atoms with Crippen LogP contribution in [0.1, 0.15) is 39.2 Å². The lowest BCUT2D eigenvalue weighted by molar-refractivity contribution is -0.156. The number of carbonyl (C=O) groups is 2. The van der Waals surface area contributed by atoms with Crippen LogP contribution in [-0.4, -0.2) is 33.4 Å². The maximum Gasteiger partial charge on any atom is 0.246 e. The van der Waals surface area contributed by atoms with Gasteiger partial charge in [-0.1, -0.05) is 25.5 Å². The van der Waals surface area contributed by atoms with Crippen molar-refractivity contribution in [2.45, 2.75) is 51.7 Å². The predicted octanol–water partition coefficient (Wildman–Crippen LogP) is 1.80. The maximum atomic E-state index is 12.6. The SMILES string of the molecule is CCCC1NC(=O)C(C)(C)N(Cc2ccc(O)cc2)C1=O. The standard InChI is InChI=1S/C16H22N2O3/c1-4-5-13-14(20)18(16(2,3)15(21)17-13)10-11-6-8-12(19)9-7-11/h6-9,13,19H,4-5,10H2,1-3H3,(H,17,21). The molecule has 1 aromatic carbocycles. The Kier molecular flexibility index (Phi) is 4.21. The third-order valence-corrected chi connectivity index (χ3v) is 3.95. The van der Waals surface area contributed by atoms with Crippen LogP contribution < -0.4 is 5.32 Å². The number of phenols is 1. The van der Waals surface area contributed by atoms with Gasteiger partial charge in [0, 0.05) is 6.54 Å². The Bertz CT molecular complexity index is 537. The highest BCUT2D eigenvalue weighted by atomic mass is 16.3. The van der Waals surface area contributed by atoms with Gasteiger partial charge < -0.3 is 15.3 Å². The highest BCUT2D eigenvalue weighted by Gasteiger charge is 2.45. The number of nitrogens with one attached hydrogen (secondary N) is 1. The van der Waals surface area contributed by atoms with Gasteiger partial charge in [0.1, 0.15) is 17.3 Å². The predicted molar refractivity (Wildman–Crippen MR) is 79.6 cm³/mol. The number of hydrogen-bond donors (Lipinski definition) is 2. The zero-order chi connectivity index (χ0) is 15.6. The monoisotopic (exact) mass is 290 g/mol. The third kappa shape index (κ3) is 3.01. The van der Waals surface area contributed by atoms with Crippen molar-refractivity contribution in [3.05, 3.63) is 29.8 Å². The Morgan fingerprint density at radius 2 is 1.86 bits per heavy atom. The molecule has 1 heterocycles. The summed E-state index contributed by atoms with van der Waals surface area (Å²) in [5, 5.41) is 12.1. The summed E-state index contributed by atoms with van der Waals surface area (Å²) in [6.45, 7) is 5.86. The number of carbonyl (C=O) groups excluding carboxylic acids is 2. The molecule has 1 atom stereocenters. The van der Waals surface area contributed by atoms with E-state index < -0.39 is 11.6 Å². The molecule has 1 fully saturated rings. The van der Waals surface area contributed by atoms with E-state index in [0.717, 1.165) is 12.0 Å². The summed E-state index contributed by atoms with van der Waals surface area (Å²) in [7, 11) is 0. The average molecular weight is 290 g/mol. The van der Waals surface area contributed by atoms with E-state index in [1.165, 1.54) is 0 Å². The minimum Gasteiger partial charge on any atom is -0.508 e. The van der Waals surface area contributed by atoms with Crippen molar-refractivity contribution in [1.82, 2.24) is 10.2 Å². The van der Waals surface area contributed by atoms with Crippen LogP contribution in [0.5, 0.6) is 5.75 Å². The second-order valence-corrected chi connectivity index (χ2v) is 5.96. The van der Waals surface area contributed by atoms with Gasteiger partial charge in [0.25, 0.3) is 0 Å². The molecule has 114 valence electrons. The minimum atomic E-state index is -0.876. The fourth-order valence-electron chi connectivity index (χ4n) is 2.53. The summed E-state index contributed by atoms with van der Waals surface area (Å²) >= 11 is 0. The normalized spacial score (nSPS) is 21.3. The summed E-state index contributed by atoms with van der Waals surface area (Å²) in [4.78, 5) is 26.5. The van der Waals surface area contributed by atoms with Gasteiger partial charge in [0.05, 0.1) is 0 Å². The Morgan fingerprint density at radius 3 is 2.43 bits per heavy atom. The molecular weight excluding hydrogens is 268 g/mol. The number of aromatic hydroxyl groups is 1. The summed E-state index contributed by atoms with van der Waals surface area (Å²) in [6, 6.07) is 6.26. The van der Waals surface area contributed by atoms with Gasteiger partial charge in [-0.3, -0.25) is 9.59 Å². The summed E-state index contributed by atoms with van der Waals surface area (Å²) in [5.41, 5.74) is 0.0123. The first-order valence-corrected chi connectivity index (χ1v) is 7.26. The van der Waals surface area contributed by atoms with E-state index in [2.05, 4.69) is 5.32 Å². The number of piperazine rings is 1. The van der Waals surface area contributed by atoms with Gasteiger partial charge in [-0.2, -0.15) is 0 Å². The van der Waals surface area contributed by atoms with Crippen LogP contribution >= 0.6 is 0 Å². The molecule has 0 aliphatic carbocycles. The van der Waals surface area contributed by atoms with Crippen molar-refractivity contribution >= 4 is 11.8 Å². The smallest absolute Gasteiger partial charge is 0.246 e. The first-order valence-electron chi connectivity index (χ1n) is 7.26. The van der Waals surface area contributed by atoms with Crippen LogP contribution in [-0.2, 0) is 16.1 Å². The molecule has 1 aliphatic heterocycles. The van der Waals surface area contributed by atoms with E-state index in [4.69, 9.17) is 0 Å². The Morgan fingerprint density at radius 1 is 1.24 bits per heavy atom. The van der Waals surface area contributed by atoms with Crippen LogP contribution in [0, 0.1) is 0 Å². The van der Waals surface area contributed by atoms with E-state index in [1.54, 1.807) is 43.0 Å². The fourth-order valence-corrected chi connectivity index (χ4v) is 2.53. The van der Waals surface area contributed by atoms with E-state index in [1.807, 2.05) is 6.92 Å². The number of nitrogens with zero attached hydrogens (tertiary/aromatic N) is 1. The molecule has 2 amide bonds. The lowest BCUT2D eigenvalue weighted by Gasteiger charge is -2.44. The first kappa shape index (κ1) is 15.4. The van der Waals surface area contributed by atoms with Gasteiger partial charge in [0.2, 0.25) is 11.8 Å². The Hall–Kier alpha value is -2.04. The van der Waals surface area contributed by atoms with Crippen LogP contribution in [0.4, 0.5) is 0 Å². The molecule has 5 nitrogen and oxygen atoms in total. The number of hydrogen-bond acceptors (Lipinski definition) is 3. The zero-order valence-corrected chi connectivity index (χ0v) is 12.7. The van der Waals surface area contributed by atoms with Crippen molar-refractivity contribution < 1.29 is 14.7 Å². The Labute approximate surface area is 125 Å². The van der Waals surface area contributed by atoms with Gasteiger partial charge in [-0.25, -0.2) is 0 Å². The van der Waals surface area contributed by atoms with Gasteiger partial charge in [-0.15, -0.1) is 0 Å². The van der Waals surface area contributed by atoms with Crippen LogP contribution in [0.25, 0.3) is 0 Å². The molecular formula is C16H22N2O3. The third-order valence-electron chi connectivity index (χ3n) is 3.95. The molecule has 21 heavy (non-hydrogen) atoms. The van der Waals surface area contributed by atoms with Gasteiger partial charge >= 0.3 is 0 Å². The molecule has 5 heteroatoms. The lowest BCUT2D eigenvalue weighted by Crippen LogP contribution is -2.67. The topological polar surface area (TPSA) is 69.6 Å². The summed E-state index contributed by atoms with van der Waals surface area (Å²) in [5.74, 6) is 0.0124. The second kappa shape index (κ2) is 5.76. The highest BCUT2D eigenvalue weighted by molar-refractivity contribution is 5.99. The number of benzene rings is 1. The minimum absolute atomic E-state index is 0.0467. The van der Waals surface area contributed by atoms with Crippen LogP contribution in [0.15, 0.2) is 24.3 Å². The van der Waals surface area contributed by atoms with Crippen molar-refractivity contribution in [3.8, 4) is 5.75 Å². The second-order valence-electron chi connectivity index (χ2n) is 5.96. The zero-order valence-electron chi connectivity index (χ0n) is 12.7. The maximum absolute atomic E-state index is 12.6. The number of rotatable bonds is 4. The molecule has 2 rings (SSSR count). The van der Waals surface area contributed by atoms with Crippen LogP contribution in [0.3, 0.4) is 0 Å². The molecule has 1 aromatic rings. The van der Waals surface area contributed by atoms with Crippen molar-refractivity contribution in [2.75, 3.05) is 0 Å². The first-order chi connectivity index (χ1) is 9.86. The van der Waals surface area contributed by atoms with E-state index in [0.29, 0.717) is 13.0 Å². The number of phenolic OH excluding ortho intramolecular Hbond substituents is 1. The summed E-state index contributed by atoms with van der Waals surface area (Å²) < 4.78 is 0. The molecule has 1 aliphatic rings. The number of amides is 2. The highest BCUT2D eigenvalue weighted by Crippen LogP contribution is 2.25. The molecule has 0 bridgehead atoms.